The number of nitrogens with two attached hydrogens (primary N) is 4. The van der Waals surface area contributed by atoms with Crippen LogP contribution in [-0.2, 0) is 41.4 Å². The van der Waals surface area contributed by atoms with Gasteiger partial charge in [0.25, 0.3) is 5.91 Å². The SMILES string of the molecule is C.C.C.COC(=O)c1cc(S(N)(=O)=O)ccc1Oc1ccc(SC)c(C)c1.CSc1ccc(Oc2ccc(S(N)(=O)=O)cc2C(=O)NC[C@H](C)O)cc1C.CSc1ccc(Oc2ccc(S(N)(=O)=O)cc2CNC[C@H](C)O)cc1C.C[C@H](O)CN. The van der Waals surface area contributed by atoms with Gasteiger partial charge in [0, 0.05) is 46.4 Å². The van der Waals surface area contributed by atoms with Crippen LogP contribution in [0.4, 0.5) is 0 Å². The Bertz CT molecular complexity index is 3480. The van der Waals surface area contributed by atoms with Gasteiger partial charge in [-0.05, 0) is 186 Å². The molecule has 6 aromatic rings. The number of nitrogens with one attached hydrogen (secondary N) is 2. The molecule has 0 aliphatic carbocycles. The van der Waals surface area contributed by atoms with Crippen LogP contribution in [0.1, 0.15) is 86.0 Å². The summed E-state index contributed by atoms with van der Waals surface area (Å²) >= 11 is 4.89. The zero-order valence-corrected chi connectivity index (χ0v) is 51.9. The minimum Gasteiger partial charge on any atom is -0.465 e. The van der Waals surface area contributed by atoms with Crippen LogP contribution in [-0.4, -0.2) is 116 Å². The quantitative estimate of drug-likeness (QED) is 0.0239. The highest BCUT2D eigenvalue weighted by Crippen LogP contribution is 2.34. The number of hydrogen-bond donors (Lipinski definition) is 9. The Balaban J connectivity index is 0.00000118. The van der Waals surface area contributed by atoms with Crippen LogP contribution in [0.5, 0.6) is 34.5 Å². The fourth-order valence-electron chi connectivity index (χ4n) is 6.84. The molecule has 21 nitrogen and oxygen atoms in total. The van der Waals surface area contributed by atoms with Gasteiger partial charge in [-0.25, -0.2) is 45.5 Å². The highest BCUT2D eigenvalue weighted by atomic mass is 32.2. The second-order valence-electron chi connectivity index (χ2n) is 18.0. The molecule has 0 aromatic heterocycles. The van der Waals surface area contributed by atoms with Gasteiger partial charge in [-0.2, -0.15) is 0 Å². The van der Waals surface area contributed by atoms with Crippen LogP contribution in [0.2, 0.25) is 0 Å². The lowest BCUT2D eigenvalue weighted by atomic mass is 10.1. The van der Waals surface area contributed by atoms with Crippen molar-refractivity contribution in [3.05, 3.63) is 143 Å². The van der Waals surface area contributed by atoms with E-state index < -0.39 is 54.2 Å². The van der Waals surface area contributed by atoms with Crippen LogP contribution in [0, 0.1) is 20.8 Å². The molecule has 85 heavy (non-hydrogen) atoms. The lowest BCUT2D eigenvalue weighted by molar-refractivity contribution is 0.0597. The number of thioether (sulfide) groups is 3. The van der Waals surface area contributed by atoms with Crippen molar-refractivity contribution in [2.45, 2.75) is 118 Å². The number of hydrogen-bond acceptors (Lipinski definition) is 20. The third-order valence-electron chi connectivity index (χ3n) is 11.0. The molecule has 0 saturated heterocycles. The highest BCUT2D eigenvalue weighted by molar-refractivity contribution is 7.99. The predicted molar refractivity (Wildman–Crippen MR) is 342 cm³/mol. The molecule has 0 saturated carbocycles. The van der Waals surface area contributed by atoms with Crippen molar-refractivity contribution in [2.24, 2.45) is 21.2 Å². The van der Waals surface area contributed by atoms with Gasteiger partial charge in [0.15, 0.2) is 0 Å². The lowest BCUT2D eigenvalue weighted by Crippen LogP contribution is -2.31. The Kier molecular flexibility index (Phi) is 34.5. The van der Waals surface area contributed by atoms with Crippen LogP contribution in [0.15, 0.2) is 139 Å². The maximum Gasteiger partial charge on any atom is 0.341 e. The monoisotopic (exact) mass is 1300 g/mol. The third kappa shape index (κ3) is 26.4. The fourth-order valence-corrected chi connectivity index (χ4v) is 10.2. The molecular weight excluding hydrogens is 1210 g/mol. The number of aryl methyl sites for hydroxylation is 3. The van der Waals surface area contributed by atoms with Gasteiger partial charge in [0.1, 0.15) is 40.1 Å². The Labute approximate surface area is 515 Å². The number of aliphatic hydroxyl groups excluding tert-OH is 3. The number of esters is 1. The van der Waals surface area contributed by atoms with Crippen molar-refractivity contribution in [2.75, 3.05) is 45.5 Å². The zero-order chi connectivity index (χ0) is 61.7. The van der Waals surface area contributed by atoms with Gasteiger partial charge in [-0.15, -0.1) is 35.3 Å². The Morgan fingerprint density at radius 2 is 0.859 bits per heavy atom. The van der Waals surface area contributed by atoms with E-state index in [4.69, 9.17) is 40.5 Å². The summed E-state index contributed by atoms with van der Waals surface area (Å²) in [5.74, 6) is 1.32. The summed E-state index contributed by atoms with van der Waals surface area (Å²) in [4.78, 5) is 27.4. The molecule has 27 heteroatoms. The standard InChI is InChI=1S/C18H22N2O5S2.C18H24N2O4S2.C16H17NO5S2.C3H9NO.3CH4/c1-11-8-13(4-7-17(11)26-3)25-16-6-5-14(27(19,23)24)9-15(16)18(22)20-10-12(2)21;1-12-8-15(4-7-18(12)25-3)24-17-6-5-16(26(19,22)23)9-14(17)11-20-10-13(2)21;1-10-8-11(4-7-15(10)23-3)22-14-6-5-12(24(17,19)20)9-13(14)16(18)21-2;1-3(5)2-4;;;/h4-9,12,21H,10H2,1-3H3,(H,20,22)(H2,19,23,24);4-9,13,20-21H,10-11H2,1-3H3,(H2,19,22,23);4-9H,1-3H3,(H2,17,19,20);3,5H,2,4H2,1H3;3*1H4/t12-;13-;;3-;;;/m00.0.../s1. The number of aliphatic hydroxyl groups is 3. The summed E-state index contributed by atoms with van der Waals surface area (Å²) in [6.45, 7) is 11.8. The number of benzene rings is 6. The summed E-state index contributed by atoms with van der Waals surface area (Å²) < 4.78 is 91.6. The number of rotatable bonds is 21. The molecule has 1 amide bonds. The van der Waals surface area contributed by atoms with E-state index in [-0.39, 0.29) is 72.2 Å². The van der Waals surface area contributed by atoms with E-state index in [2.05, 4.69) is 15.4 Å². The molecule has 0 aliphatic heterocycles. The molecule has 3 atom stereocenters. The summed E-state index contributed by atoms with van der Waals surface area (Å²) in [5.41, 5.74) is 8.70. The number of carbonyl (C=O) groups excluding carboxylic acids is 2. The molecule has 0 bridgehead atoms. The van der Waals surface area contributed by atoms with Crippen molar-refractivity contribution >= 4 is 77.2 Å². The van der Waals surface area contributed by atoms with Crippen LogP contribution >= 0.6 is 35.3 Å². The molecular formula is C58H84N6O15S6. The predicted octanol–water partition coefficient (Wildman–Crippen LogP) is 9.07. The summed E-state index contributed by atoms with van der Waals surface area (Å²) in [6.07, 6.45) is 4.36. The maximum atomic E-state index is 12.5. The number of amides is 1. The van der Waals surface area contributed by atoms with Crippen molar-refractivity contribution in [3.8, 4) is 34.5 Å². The van der Waals surface area contributed by atoms with Crippen LogP contribution in [0.25, 0.3) is 0 Å². The largest absolute Gasteiger partial charge is 0.465 e. The maximum absolute atomic E-state index is 12.5. The van der Waals surface area contributed by atoms with Crippen LogP contribution < -0.4 is 46.0 Å². The van der Waals surface area contributed by atoms with Gasteiger partial charge in [0.2, 0.25) is 30.1 Å². The number of sulfonamides is 3. The summed E-state index contributed by atoms with van der Waals surface area (Å²) in [5, 5.41) is 48.1. The summed E-state index contributed by atoms with van der Waals surface area (Å²) in [6, 6.07) is 28.9. The van der Waals surface area contributed by atoms with Crippen molar-refractivity contribution in [1.29, 1.82) is 0 Å². The fraction of sp³-hybridized carbons (Fsp3) is 0.345. The smallest absolute Gasteiger partial charge is 0.341 e. The molecule has 0 fully saturated rings. The number of primary sulfonamides is 3. The van der Waals surface area contributed by atoms with E-state index in [0.717, 1.165) is 38.6 Å². The first-order valence-electron chi connectivity index (χ1n) is 24.6. The second-order valence-corrected chi connectivity index (χ2v) is 25.3. The molecule has 0 unspecified atom stereocenters. The molecule has 0 spiro atoms. The molecule has 472 valence electrons. The molecule has 6 aromatic carbocycles. The van der Waals surface area contributed by atoms with E-state index >= 15 is 0 Å². The van der Waals surface area contributed by atoms with E-state index in [1.807, 2.05) is 82.0 Å². The molecule has 0 heterocycles. The van der Waals surface area contributed by atoms with Gasteiger partial charge in [-0.1, -0.05) is 22.3 Å². The van der Waals surface area contributed by atoms with Crippen LogP contribution in [0.3, 0.4) is 0 Å². The summed E-state index contributed by atoms with van der Waals surface area (Å²) in [7, 11) is -10.5. The molecule has 6 rings (SSSR count). The Morgan fingerprint density at radius 1 is 0.518 bits per heavy atom. The van der Waals surface area contributed by atoms with E-state index in [1.54, 1.807) is 67.3 Å². The van der Waals surface area contributed by atoms with Gasteiger partial charge in [0.05, 0.1) is 45.7 Å². The first-order valence-corrected chi connectivity index (χ1v) is 32.9. The number of ether oxygens (including phenoxy) is 4. The first kappa shape index (κ1) is 79.2. The van der Waals surface area contributed by atoms with Gasteiger partial charge in [-0.3, -0.25) is 4.79 Å². The minimum absolute atomic E-state index is 0. The van der Waals surface area contributed by atoms with Gasteiger partial charge >= 0.3 is 5.97 Å². The second kappa shape index (κ2) is 37.1. The lowest BCUT2D eigenvalue weighted by Gasteiger charge is -2.15. The van der Waals surface area contributed by atoms with E-state index in [1.165, 1.54) is 55.3 Å². The van der Waals surface area contributed by atoms with Crippen molar-refractivity contribution < 1.29 is 69.1 Å². The third-order valence-corrected chi connectivity index (χ3v) is 16.4. The average molecular weight is 1300 g/mol. The molecule has 13 N–H and O–H groups in total. The van der Waals surface area contributed by atoms with E-state index in [0.29, 0.717) is 48.2 Å². The van der Waals surface area contributed by atoms with Crippen molar-refractivity contribution in [3.63, 3.8) is 0 Å². The Hall–Kier alpha value is -5.76. The number of methoxy groups -OCH3 is 1. The van der Waals surface area contributed by atoms with E-state index in [9.17, 15) is 45.1 Å². The molecule has 0 aliphatic rings. The highest BCUT2D eigenvalue weighted by Gasteiger charge is 2.21. The topological polar surface area (TPSA) is 362 Å². The van der Waals surface area contributed by atoms with Crippen molar-refractivity contribution in [1.82, 2.24) is 10.6 Å². The average Bonchev–Trinajstić information content (AvgIpc) is 2.53. The Morgan fingerprint density at radius 3 is 1.19 bits per heavy atom. The molecule has 0 radical (unpaired) electrons. The zero-order valence-electron chi connectivity index (χ0n) is 47.0. The number of carbonyl (C=O) groups is 2. The first-order chi connectivity index (χ1) is 38.3. The normalized spacial score (nSPS) is 11.9. The minimum atomic E-state index is -3.98. The van der Waals surface area contributed by atoms with Gasteiger partial charge < -0.3 is 50.6 Å².